The Balaban J connectivity index is 1.35. The van der Waals surface area contributed by atoms with Gasteiger partial charge in [0, 0.05) is 6.04 Å². The van der Waals surface area contributed by atoms with Gasteiger partial charge in [0.1, 0.15) is 17.2 Å². The number of hydrogen-bond donors (Lipinski definition) is 4. The quantitative estimate of drug-likeness (QED) is 0.197. The Morgan fingerprint density at radius 1 is 0.792 bits per heavy atom. The highest BCUT2D eigenvalue weighted by Gasteiger charge is 2.72. The molecule has 0 spiro atoms. The molecule has 1 aliphatic heterocycles. The van der Waals surface area contributed by atoms with Gasteiger partial charge in [0.2, 0.25) is 5.91 Å². The molecule has 0 aromatic rings. The van der Waals surface area contributed by atoms with E-state index < -0.39 is 46.9 Å². The van der Waals surface area contributed by atoms with Crippen molar-refractivity contribution in [3.8, 4) is 0 Å². The fourth-order valence-corrected chi connectivity index (χ4v) is 12.8. The molecule has 0 aromatic heterocycles. The molecule has 4 aliphatic carbocycles. The Morgan fingerprint density at radius 2 is 1.40 bits per heavy atom. The number of carbonyl (C=O) groups is 3. The van der Waals surface area contributed by atoms with E-state index in [0.717, 1.165) is 57.8 Å². The van der Waals surface area contributed by atoms with Gasteiger partial charge >= 0.3 is 12.1 Å². The molecule has 1 heterocycles. The number of amides is 2. The number of ether oxygens (including phenoxy) is 3. The van der Waals surface area contributed by atoms with Crippen LogP contribution in [0.3, 0.4) is 0 Å². The van der Waals surface area contributed by atoms with Crippen LogP contribution in [-0.2, 0) is 23.8 Å². The molecule has 5 fully saturated rings. The Bertz CT molecular complexity index is 1380. The molecule has 4 N–H and O–H groups in total. The van der Waals surface area contributed by atoms with Crippen molar-refractivity contribution in [2.24, 2.45) is 45.3 Å². The maximum Gasteiger partial charge on any atom is 0.408 e. The number of aliphatic hydroxyl groups is 2. The van der Waals surface area contributed by atoms with Crippen LogP contribution >= 0.6 is 0 Å². The van der Waals surface area contributed by atoms with Crippen molar-refractivity contribution in [1.29, 1.82) is 0 Å². The molecule has 12 atom stereocenters. The molecule has 10 heteroatoms. The third kappa shape index (κ3) is 7.77. The predicted molar refractivity (Wildman–Crippen MR) is 205 cm³/mol. The zero-order valence-corrected chi connectivity index (χ0v) is 35.5. The lowest BCUT2D eigenvalue weighted by atomic mass is 9.35. The molecular formula is C43H74N2O8. The monoisotopic (exact) mass is 747 g/mol. The van der Waals surface area contributed by atoms with Crippen molar-refractivity contribution < 1.29 is 38.8 Å². The summed E-state index contributed by atoms with van der Waals surface area (Å²) in [6.45, 7) is 28.4. The Morgan fingerprint density at radius 3 is 1.96 bits per heavy atom. The summed E-state index contributed by atoms with van der Waals surface area (Å²) in [5.41, 5.74) is -3.12. The van der Waals surface area contributed by atoms with Crippen LogP contribution in [0.15, 0.2) is 0 Å². The molecule has 1 saturated heterocycles. The summed E-state index contributed by atoms with van der Waals surface area (Å²) in [5.74, 6) is -0.00385. The van der Waals surface area contributed by atoms with Crippen LogP contribution in [-0.4, -0.2) is 74.9 Å². The zero-order chi connectivity index (χ0) is 40.0. The molecule has 53 heavy (non-hydrogen) atoms. The normalized spacial score (nSPS) is 41.7. The second-order valence-electron chi connectivity index (χ2n) is 22.0. The first-order chi connectivity index (χ1) is 24.0. The van der Waals surface area contributed by atoms with Crippen LogP contribution in [0.4, 0.5) is 4.79 Å². The lowest BCUT2D eigenvalue weighted by Gasteiger charge is -2.71. The molecular weight excluding hydrogens is 672 g/mol. The van der Waals surface area contributed by atoms with Gasteiger partial charge in [-0.25, -0.2) is 4.79 Å². The minimum absolute atomic E-state index is 0.0313. The third-order valence-electron chi connectivity index (χ3n) is 15.4. The lowest BCUT2D eigenvalue weighted by molar-refractivity contribution is -0.240. The number of hydrogen-bond acceptors (Lipinski definition) is 8. The number of fused-ring (bicyclic) bond motifs is 5. The van der Waals surface area contributed by atoms with E-state index in [-0.39, 0.29) is 57.7 Å². The van der Waals surface area contributed by atoms with Crippen LogP contribution in [0.25, 0.3) is 0 Å². The zero-order valence-electron chi connectivity index (χ0n) is 35.5. The first kappa shape index (κ1) is 42.2. The van der Waals surface area contributed by atoms with Gasteiger partial charge < -0.3 is 35.1 Å². The maximum atomic E-state index is 14.0. The molecule has 304 valence electrons. The van der Waals surface area contributed by atoms with Crippen molar-refractivity contribution in [2.75, 3.05) is 0 Å². The Hall–Kier alpha value is -1.91. The first-order valence-corrected chi connectivity index (χ1v) is 20.6. The van der Waals surface area contributed by atoms with Crippen LogP contribution in [0.2, 0.25) is 0 Å². The average molecular weight is 747 g/mol. The fourth-order valence-electron chi connectivity index (χ4n) is 12.8. The minimum atomic E-state index is -1.15. The topological polar surface area (TPSA) is 143 Å². The highest BCUT2D eigenvalue weighted by Crippen LogP contribution is 2.76. The molecule has 5 rings (SSSR count). The summed E-state index contributed by atoms with van der Waals surface area (Å²) in [6, 6.07) is -1.32. The van der Waals surface area contributed by atoms with Crippen molar-refractivity contribution in [3.63, 3.8) is 0 Å². The van der Waals surface area contributed by atoms with E-state index in [2.05, 4.69) is 52.2 Å². The minimum Gasteiger partial charge on any atom is -0.460 e. The Labute approximate surface area is 320 Å². The largest absolute Gasteiger partial charge is 0.460 e. The lowest BCUT2D eigenvalue weighted by Crippen LogP contribution is -2.68. The summed E-state index contributed by atoms with van der Waals surface area (Å²) < 4.78 is 17.7. The fraction of sp³-hybridized carbons (Fsp3) is 0.930. The van der Waals surface area contributed by atoms with E-state index in [4.69, 9.17) is 14.2 Å². The summed E-state index contributed by atoms with van der Waals surface area (Å²) in [4.78, 5) is 39.8. The van der Waals surface area contributed by atoms with Crippen LogP contribution < -0.4 is 10.6 Å². The van der Waals surface area contributed by atoms with Gasteiger partial charge in [-0.1, -0.05) is 34.6 Å². The molecule has 4 saturated carbocycles. The molecule has 0 bridgehead atoms. The number of nitrogens with one attached hydrogen (secondary N) is 2. The Kier molecular flexibility index (Phi) is 10.9. The van der Waals surface area contributed by atoms with Crippen LogP contribution in [0.5, 0.6) is 0 Å². The highest BCUT2D eigenvalue weighted by atomic mass is 16.6. The van der Waals surface area contributed by atoms with E-state index in [1.165, 1.54) is 0 Å². The third-order valence-corrected chi connectivity index (χ3v) is 15.4. The number of aliphatic hydroxyl groups excluding tert-OH is 1. The summed E-state index contributed by atoms with van der Waals surface area (Å²) in [7, 11) is 0. The standard InChI is InChI=1S/C43H74N2O8/c1-36(2,3)52-32(47)23-26(44-35(49)53-37(4,5)6)34(48)45-30-17-19-40(11)28(38(30,7)8)16-21-41(12)29(40)24-27(46)33-25(15-20-42(33,41)13)43(14)22-18-31(51-43)39(9,10)50/h25-31,33,46,50H,15-24H2,1-14H3,(H,44,49)(H,45,48)/t25-,26-,27+,28-,29+,30-,31+,33-,40-,41+,42+,43-/m0/s1. The van der Waals surface area contributed by atoms with E-state index in [1.807, 2.05) is 13.8 Å². The summed E-state index contributed by atoms with van der Waals surface area (Å²) in [5, 5.41) is 29.0. The van der Waals surface area contributed by atoms with Crippen molar-refractivity contribution in [1.82, 2.24) is 10.6 Å². The van der Waals surface area contributed by atoms with Crippen molar-refractivity contribution >= 4 is 18.0 Å². The van der Waals surface area contributed by atoms with Gasteiger partial charge in [0.25, 0.3) is 0 Å². The number of carbonyl (C=O) groups excluding carboxylic acids is 3. The summed E-state index contributed by atoms with van der Waals surface area (Å²) in [6.07, 6.45) is 6.63. The van der Waals surface area contributed by atoms with Gasteiger partial charge in [0.15, 0.2) is 0 Å². The second-order valence-corrected chi connectivity index (χ2v) is 22.0. The number of esters is 1. The number of alkyl carbamates (subject to hydrolysis) is 1. The van der Waals surface area contributed by atoms with E-state index in [9.17, 15) is 24.6 Å². The van der Waals surface area contributed by atoms with Crippen LogP contribution in [0, 0.1) is 45.3 Å². The molecule has 0 radical (unpaired) electrons. The molecule has 10 nitrogen and oxygen atoms in total. The predicted octanol–water partition coefficient (Wildman–Crippen LogP) is 7.46. The number of rotatable bonds is 7. The van der Waals surface area contributed by atoms with E-state index >= 15 is 0 Å². The average Bonchev–Trinajstić information content (AvgIpc) is 3.56. The van der Waals surface area contributed by atoms with E-state index in [0.29, 0.717) is 11.8 Å². The van der Waals surface area contributed by atoms with Gasteiger partial charge in [0.05, 0.1) is 29.8 Å². The highest BCUT2D eigenvalue weighted by molar-refractivity contribution is 5.90. The first-order valence-electron chi connectivity index (χ1n) is 20.6. The maximum absolute atomic E-state index is 14.0. The van der Waals surface area contributed by atoms with E-state index in [1.54, 1.807) is 41.5 Å². The van der Waals surface area contributed by atoms with Crippen molar-refractivity contribution in [2.45, 2.75) is 208 Å². The second kappa shape index (κ2) is 13.6. The summed E-state index contributed by atoms with van der Waals surface area (Å²) >= 11 is 0. The molecule has 2 amide bonds. The SMILES string of the molecule is CC(C)(C)OC(=O)C[C@H](NC(=O)OC(C)(C)C)C(=O)N[C@H]1CC[C@]2(C)[C@H]3C[C@@H](O)[C@@H]4[C@@H]([C@]5(C)CC[C@H](C(C)(C)O)O5)CC[C@@]4(C)[C@]3(C)CC[C@H]2C1(C)C. The van der Waals surface area contributed by atoms with Crippen molar-refractivity contribution in [3.05, 3.63) is 0 Å². The molecule has 0 unspecified atom stereocenters. The van der Waals surface area contributed by atoms with Gasteiger partial charge in [-0.3, -0.25) is 9.59 Å². The molecule has 0 aromatic carbocycles. The van der Waals surface area contributed by atoms with Crippen LogP contribution in [0.1, 0.15) is 161 Å². The van der Waals surface area contributed by atoms with Gasteiger partial charge in [-0.15, -0.1) is 0 Å². The van der Waals surface area contributed by atoms with Gasteiger partial charge in [-0.2, -0.15) is 0 Å². The van der Waals surface area contributed by atoms with Gasteiger partial charge in [-0.05, 0) is 165 Å². The smallest absolute Gasteiger partial charge is 0.408 e. The molecule has 5 aliphatic rings.